The molecule has 0 radical (unpaired) electrons. The number of hydrogen-bond acceptors (Lipinski definition) is 7. The number of methoxy groups -OCH3 is 2. The van der Waals surface area contributed by atoms with Crippen LogP contribution in [0.15, 0.2) is 60.4 Å². The minimum absolute atomic E-state index is 0.214. The molecule has 2 aliphatic heterocycles. The number of rotatable bonds is 7. The Morgan fingerprint density at radius 1 is 0.972 bits per heavy atom. The van der Waals surface area contributed by atoms with Crippen LogP contribution < -0.4 is 9.47 Å². The summed E-state index contributed by atoms with van der Waals surface area (Å²) in [5.41, 5.74) is 1.76. The Labute approximate surface area is 211 Å². The molecule has 1 amide bonds. The fourth-order valence-corrected chi connectivity index (χ4v) is 4.72. The molecule has 1 fully saturated rings. The van der Waals surface area contributed by atoms with Crippen LogP contribution in [0.2, 0.25) is 0 Å². The summed E-state index contributed by atoms with van der Waals surface area (Å²) in [4.78, 5) is 27.6. The lowest BCUT2D eigenvalue weighted by molar-refractivity contribution is -0.204. The maximum Gasteiger partial charge on any atom is 0.410 e. The zero-order valence-electron chi connectivity index (χ0n) is 21.2. The van der Waals surface area contributed by atoms with Gasteiger partial charge in [-0.05, 0) is 42.5 Å². The molecule has 2 heterocycles. The molecule has 0 bridgehead atoms. The standard InChI is InChI=1S/C28H33NO7/c1-27(2)35-19-24(25(30)36-27)28(17-21-14-22(32-3)16-23(15-21)33-4)10-12-29(13-11-28)26(31)34-18-20-8-6-5-7-9-20/h5-9,14-16,19H,10-13,17-18H2,1-4H3. The lowest BCUT2D eigenvalue weighted by Gasteiger charge is -2.44. The topological polar surface area (TPSA) is 83.5 Å². The lowest BCUT2D eigenvalue weighted by atomic mass is 9.68. The lowest BCUT2D eigenvalue weighted by Crippen LogP contribution is -2.48. The van der Waals surface area contributed by atoms with Crippen molar-refractivity contribution in [1.82, 2.24) is 4.90 Å². The van der Waals surface area contributed by atoms with Gasteiger partial charge in [0.05, 0.1) is 26.1 Å². The van der Waals surface area contributed by atoms with Crippen LogP contribution in [-0.2, 0) is 32.0 Å². The molecule has 0 atom stereocenters. The van der Waals surface area contributed by atoms with Gasteiger partial charge >= 0.3 is 12.1 Å². The van der Waals surface area contributed by atoms with Gasteiger partial charge < -0.3 is 28.6 Å². The summed E-state index contributed by atoms with van der Waals surface area (Å²) in [5.74, 6) is -0.0950. The highest BCUT2D eigenvalue weighted by Crippen LogP contribution is 2.45. The highest BCUT2D eigenvalue weighted by molar-refractivity contribution is 5.90. The van der Waals surface area contributed by atoms with Crippen LogP contribution in [0.3, 0.4) is 0 Å². The summed E-state index contributed by atoms with van der Waals surface area (Å²) in [7, 11) is 3.20. The Morgan fingerprint density at radius 2 is 1.61 bits per heavy atom. The minimum Gasteiger partial charge on any atom is -0.497 e. The van der Waals surface area contributed by atoms with E-state index in [1.807, 2.05) is 42.5 Å². The van der Waals surface area contributed by atoms with Gasteiger partial charge in [-0.25, -0.2) is 9.59 Å². The van der Waals surface area contributed by atoms with Crippen molar-refractivity contribution >= 4 is 12.1 Å². The number of esters is 1. The Kier molecular flexibility index (Phi) is 7.43. The molecule has 192 valence electrons. The molecule has 0 N–H and O–H groups in total. The average Bonchev–Trinajstić information content (AvgIpc) is 2.87. The second kappa shape index (κ2) is 10.5. The SMILES string of the molecule is COc1cc(CC2(C3=COC(C)(C)OC3=O)CCN(C(=O)OCc3ccccc3)CC2)cc(OC)c1. The number of piperidine rings is 1. The van der Waals surface area contributed by atoms with Gasteiger partial charge in [0.15, 0.2) is 0 Å². The van der Waals surface area contributed by atoms with Gasteiger partial charge in [-0.3, -0.25) is 0 Å². The fraction of sp³-hybridized carbons (Fsp3) is 0.429. The number of nitrogens with zero attached hydrogens (tertiary/aromatic N) is 1. The molecule has 4 rings (SSSR count). The number of hydrogen-bond donors (Lipinski definition) is 0. The van der Waals surface area contributed by atoms with E-state index in [1.165, 1.54) is 6.26 Å². The normalized spacial score (nSPS) is 18.4. The zero-order valence-corrected chi connectivity index (χ0v) is 21.2. The van der Waals surface area contributed by atoms with Crippen molar-refractivity contribution in [3.8, 4) is 11.5 Å². The van der Waals surface area contributed by atoms with E-state index < -0.39 is 17.2 Å². The second-order valence-electron chi connectivity index (χ2n) is 9.64. The molecule has 1 saturated heterocycles. The molecule has 36 heavy (non-hydrogen) atoms. The second-order valence-corrected chi connectivity index (χ2v) is 9.64. The van der Waals surface area contributed by atoms with Crippen molar-refractivity contribution < 1.29 is 33.3 Å². The molecule has 8 heteroatoms. The van der Waals surface area contributed by atoms with Crippen LogP contribution in [0.5, 0.6) is 11.5 Å². The van der Waals surface area contributed by atoms with Crippen LogP contribution in [0.25, 0.3) is 0 Å². The molecule has 0 aliphatic carbocycles. The number of ether oxygens (including phenoxy) is 5. The summed E-state index contributed by atoms with van der Waals surface area (Å²) in [6.07, 6.45) is 2.77. The molecular formula is C28H33NO7. The van der Waals surface area contributed by atoms with Crippen molar-refractivity contribution in [1.29, 1.82) is 0 Å². The van der Waals surface area contributed by atoms with Crippen LogP contribution in [0.4, 0.5) is 4.79 Å². The molecule has 2 aliphatic rings. The Balaban J connectivity index is 1.55. The quantitative estimate of drug-likeness (QED) is 0.507. The maximum atomic E-state index is 13.1. The third-order valence-electron chi connectivity index (χ3n) is 6.73. The van der Waals surface area contributed by atoms with Crippen LogP contribution in [0, 0.1) is 5.41 Å². The smallest absolute Gasteiger partial charge is 0.410 e. The molecule has 2 aromatic carbocycles. The predicted molar refractivity (Wildman–Crippen MR) is 132 cm³/mol. The van der Waals surface area contributed by atoms with E-state index in [0.29, 0.717) is 49.4 Å². The van der Waals surface area contributed by atoms with Gasteiger partial charge in [0, 0.05) is 38.4 Å². The molecule has 0 aromatic heterocycles. The Morgan fingerprint density at radius 3 is 2.19 bits per heavy atom. The molecule has 0 spiro atoms. The Hall–Kier alpha value is -3.68. The molecule has 8 nitrogen and oxygen atoms in total. The van der Waals surface area contributed by atoms with Gasteiger partial charge in [0.25, 0.3) is 0 Å². The summed E-state index contributed by atoms with van der Waals surface area (Å²) in [6.45, 7) is 4.48. The largest absolute Gasteiger partial charge is 0.497 e. The van der Waals surface area contributed by atoms with E-state index in [0.717, 1.165) is 11.1 Å². The van der Waals surface area contributed by atoms with Gasteiger partial charge in [-0.1, -0.05) is 30.3 Å². The number of carbonyl (C=O) groups excluding carboxylic acids is 2. The first-order valence-electron chi connectivity index (χ1n) is 12.0. The monoisotopic (exact) mass is 495 g/mol. The first-order chi connectivity index (χ1) is 17.2. The van der Waals surface area contributed by atoms with Crippen molar-refractivity contribution in [3.63, 3.8) is 0 Å². The highest BCUT2D eigenvalue weighted by Gasteiger charge is 2.46. The summed E-state index contributed by atoms with van der Waals surface area (Å²) in [6, 6.07) is 15.2. The van der Waals surface area contributed by atoms with Crippen molar-refractivity contribution in [2.75, 3.05) is 27.3 Å². The van der Waals surface area contributed by atoms with E-state index in [4.69, 9.17) is 23.7 Å². The third kappa shape index (κ3) is 5.75. The van der Waals surface area contributed by atoms with Crippen LogP contribution in [0.1, 0.15) is 37.8 Å². The molecule has 0 unspecified atom stereocenters. The zero-order chi connectivity index (χ0) is 25.8. The maximum absolute atomic E-state index is 13.1. The average molecular weight is 496 g/mol. The summed E-state index contributed by atoms with van der Waals surface area (Å²) in [5, 5.41) is 0. The van der Waals surface area contributed by atoms with E-state index in [-0.39, 0.29) is 12.7 Å². The highest BCUT2D eigenvalue weighted by atomic mass is 16.7. The number of amides is 1. The molecule has 2 aromatic rings. The number of carbonyl (C=O) groups is 2. The van der Waals surface area contributed by atoms with E-state index in [1.54, 1.807) is 39.0 Å². The number of likely N-dealkylation sites (tertiary alicyclic amines) is 1. The van der Waals surface area contributed by atoms with Crippen molar-refractivity contribution in [3.05, 3.63) is 71.5 Å². The number of cyclic esters (lactones) is 1. The van der Waals surface area contributed by atoms with E-state index >= 15 is 0 Å². The van der Waals surface area contributed by atoms with Gasteiger partial charge in [-0.2, -0.15) is 0 Å². The van der Waals surface area contributed by atoms with Crippen molar-refractivity contribution in [2.45, 2.75) is 45.5 Å². The van der Waals surface area contributed by atoms with Gasteiger partial charge in [0.2, 0.25) is 5.79 Å². The van der Waals surface area contributed by atoms with Gasteiger partial charge in [-0.15, -0.1) is 0 Å². The number of benzene rings is 2. The predicted octanol–water partition coefficient (Wildman–Crippen LogP) is 4.86. The minimum atomic E-state index is -1.02. The van der Waals surface area contributed by atoms with Crippen molar-refractivity contribution in [2.24, 2.45) is 5.41 Å². The van der Waals surface area contributed by atoms with E-state index in [9.17, 15) is 9.59 Å². The first-order valence-corrected chi connectivity index (χ1v) is 12.0. The van der Waals surface area contributed by atoms with E-state index in [2.05, 4.69) is 0 Å². The summed E-state index contributed by atoms with van der Waals surface area (Å²) >= 11 is 0. The van der Waals surface area contributed by atoms with Crippen LogP contribution >= 0.6 is 0 Å². The van der Waals surface area contributed by atoms with Crippen LogP contribution in [-0.4, -0.2) is 50.1 Å². The fourth-order valence-electron chi connectivity index (χ4n) is 4.72. The molecule has 0 saturated carbocycles. The Bertz CT molecular complexity index is 1100. The molecular weight excluding hydrogens is 462 g/mol. The van der Waals surface area contributed by atoms with Gasteiger partial charge in [0.1, 0.15) is 18.1 Å². The summed E-state index contributed by atoms with van der Waals surface area (Å²) < 4.78 is 27.7. The first kappa shape index (κ1) is 25.4. The third-order valence-corrected chi connectivity index (χ3v) is 6.73.